The number of ether oxygens (including phenoxy) is 1. The Morgan fingerprint density at radius 2 is 1.86 bits per heavy atom. The molecular formula is C22H23ClN2O3. The highest BCUT2D eigenvalue weighted by Crippen LogP contribution is 2.27. The second-order valence-electron chi connectivity index (χ2n) is 6.54. The van der Waals surface area contributed by atoms with Crippen molar-refractivity contribution in [1.82, 2.24) is 9.55 Å². The van der Waals surface area contributed by atoms with Crippen LogP contribution in [0, 0.1) is 0 Å². The second kappa shape index (κ2) is 9.42. The van der Waals surface area contributed by atoms with E-state index in [4.69, 9.17) is 16.3 Å². The van der Waals surface area contributed by atoms with Crippen LogP contribution in [0.4, 0.5) is 0 Å². The van der Waals surface area contributed by atoms with E-state index in [-0.39, 0.29) is 11.6 Å². The van der Waals surface area contributed by atoms with Crippen molar-refractivity contribution >= 4 is 17.6 Å². The number of imidazole rings is 1. The number of hydrogen-bond donors (Lipinski definition) is 1. The summed E-state index contributed by atoms with van der Waals surface area (Å²) in [5, 5.41) is 9.51. The van der Waals surface area contributed by atoms with Crippen LogP contribution in [0.25, 0.3) is 11.4 Å². The molecule has 0 aliphatic heterocycles. The molecule has 0 spiro atoms. The fraction of sp³-hybridized carbons (Fsp3) is 0.273. The largest absolute Gasteiger partial charge is 0.494 e. The third-order valence-electron chi connectivity index (χ3n) is 4.40. The quantitative estimate of drug-likeness (QED) is 0.512. The number of aromatic nitrogens is 2. The highest BCUT2D eigenvalue weighted by molar-refractivity contribution is 6.30. The summed E-state index contributed by atoms with van der Waals surface area (Å²) in [6, 6.07) is 17.5. The van der Waals surface area contributed by atoms with Crippen LogP contribution in [0.1, 0.15) is 31.0 Å². The van der Waals surface area contributed by atoms with Crippen LogP contribution in [-0.4, -0.2) is 27.2 Å². The molecule has 0 saturated carbocycles. The van der Waals surface area contributed by atoms with Crippen molar-refractivity contribution in [1.29, 1.82) is 0 Å². The van der Waals surface area contributed by atoms with Gasteiger partial charge in [-0.1, -0.05) is 67.4 Å². The molecule has 146 valence electrons. The number of unbranched alkanes of at least 4 members (excludes halogenated alkanes) is 1. The Hall–Kier alpha value is -2.79. The molecule has 3 aromatic rings. The summed E-state index contributed by atoms with van der Waals surface area (Å²) in [4.78, 5) is 15.8. The van der Waals surface area contributed by atoms with E-state index in [0.29, 0.717) is 24.7 Å². The van der Waals surface area contributed by atoms with E-state index in [1.807, 2.05) is 59.2 Å². The summed E-state index contributed by atoms with van der Waals surface area (Å²) in [6.07, 6.45) is 1.93. The molecule has 1 heterocycles. The number of aliphatic carboxylic acids is 1. The first-order chi connectivity index (χ1) is 13.6. The number of carboxylic acids is 1. The van der Waals surface area contributed by atoms with Crippen LogP contribution in [0.5, 0.6) is 5.75 Å². The molecular weight excluding hydrogens is 376 g/mol. The molecule has 6 heteroatoms. The maximum Gasteiger partial charge on any atom is 0.309 e. The SMILES string of the molecule is CCCCOc1ccc(Cn2c(-c3ccccc3)nc(Cl)c2CC(=O)O)cc1. The minimum Gasteiger partial charge on any atom is -0.494 e. The molecule has 0 atom stereocenters. The summed E-state index contributed by atoms with van der Waals surface area (Å²) in [5.74, 6) is 0.544. The maximum atomic E-state index is 11.3. The fourth-order valence-electron chi connectivity index (χ4n) is 2.95. The summed E-state index contributed by atoms with van der Waals surface area (Å²) in [7, 11) is 0. The van der Waals surface area contributed by atoms with Crippen molar-refractivity contribution in [3.8, 4) is 17.1 Å². The number of halogens is 1. The van der Waals surface area contributed by atoms with Crippen LogP contribution < -0.4 is 4.74 Å². The van der Waals surface area contributed by atoms with E-state index in [1.165, 1.54) is 0 Å². The van der Waals surface area contributed by atoms with Crippen LogP contribution in [0.15, 0.2) is 54.6 Å². The van der Waals surface area contributed by atoms with Gasteiger partial charge in [0, 0.05) is 12.1 Å². The number of hydrogen-bond acceptors (Lipinski definition) is 3. The Kier molecular flexibility index (Phi) is 6.71. The van der Waals surface area contributed by atoms with Gasteiger partial charge in [0.15, 0.2) is 5.15 Å². The first kappa shape index (κ1) is 20.0. The van der Waals surface area contributed by atoms with Gasteiger partial charge in [-0.3, -0.25) is 4.79 Å². The van der Waals surface area contributed by atoms with Gasteiger partial charge in [-0.2, -0.15) is 0 Å². The Morgan fingerprint density at radius 1 is 1.14 bits per heavy atom. The highest BCUT2D eigenvalue weighted by atomic mass is 35.5. The smallest absolute Gasteiger partial charge is 0.309 e. The van der Waals surface area contributed by atoms with E-state index in [9.17, 15) is 9.90 Å². The van der Waals surface area contributed by atoms with Gasteiger partial charge in [-0.25, -0.2) is 4.98 Å². The molecule has 0 aliphatic carbocycles. The molecule has 0 fully saturated rings. The Morgan fingerprint density at radius 3 is 2.50 bits per heavy atom. The molecule has 3 rings (SSSR count). The van der Waals surface area contributed by atoms with Crippen LogP contribution in [0.3, 0.4) is 0 Å². The minimum absolute atomic E-state index is 0.184. The molecule has 0 saturated heterocycles. The number of rotatable bonds is 9. The molecule has 0 amide bonds. The Bertz CT molecular complexity index is 921. The lowest BCUT2D eigenvalue weighted by Gasteiger charge is -2.12. The normalized spacial score (nSPS) is 10.8. The average Bonchev–Trinajstić information content (AvgIpc) is 2.99. The summed E-state index contributed by atoms with van der Waals surface area (Å²) >= 11 is 6.29. The van der Waals surface area contributed by atoms with Gasteiger partial charge in [0.05, 0.1) is 18.7 Å². The topological polar surface area (TPSA) is 64.4 Å². The lowest BCUT2D eigenvalue weighted by Crippen LogP contribution is -2.11. The van der Waals surface area contributed by atoms with Crippen molar-refractivity contribution < 1.29 is 14.6 Å². The van der Waals surface area contributed by atoms with E-state index in [0.717, 1.165) is 29.7 Å². The highest BCUT2D eigenvalue weighted by Gasteiger charge is 2.19. The van der Waals surface area contributed by atoms with E-state index >= 15 is 0 Å². The summed E-state index contributed by atoms with van der Waals surface area (Å²) in [5.41, 5.74) is 2.40. The predicted octanol–water partition coefficient (Wildman–Crippen LogP) is 5.06. The molecule has 1 aromatic heterocycles. The van der Waals surface area contributed by atoms with Crippen molar-refractivity contribution in [2.45, 2.75) is 32.7 Å². The predicted molar refractivity (Wildman–Crippen MR) is 110 cm³/mol. The van der Waals surface area contributed by atoms with Gasteiger partial charge < -0.3 is 14.4 Å². The van der Waals surface area contributed by atoms with Crippen LogP contribution >= 0.6 is 11.6 Å². The maximum absolute atomic E-state index is 11.3. The molecule has 28 heavy (non-hydrogen) atoms. The fourth-order valence-corrected chi connectivity index (χ4v) is 3.20. The van der Waals surface area contributed by atoms with Crippen molar-refractivity contribution in [3.05, 3.63) is 71.0 Å². The summed E-state index contributed by atoms with van der Waals surface area (Å²) < 4.78 is 7.58. The van der Waals surface area contributed by atoms with Gasteiger partial charge >= 0.3 is 5.97 Å². The van der Waals surface area contributed by atoms with Gasteiger partial charge in [0.1, 0.15) is 11.6 Å². The minimum atomic E-state index is -0.942. The molecule has 0 unspecified atom stereocenters. The van der Waals surface area contributed by atoms with Gasteiger partial charge in [-0.15, -0.1) is 0 Å². The third-order valence-corrected chi connectivity index (χ3v) is 4.71. The first-order valence-electron chi connectivity index (χ1n) is 9.32. The number of carbonyl (C=O) groups is 1. The first-order valence-corrected chi connectivity index (χ1v) is 9.70. The van der Waals surface area contributed by atoms with Crippen LogP contribution in [0.2, 0.25) is 5.15 Å². The monoisotopic (exact) mass is 398 g/mol. The molecule has 2 aromatic carbocycles. The second-order valence-corrected chi connectivity index (χ2v) is 6.90. The average molecular weight is 399 g/mol. The zero-order chi connectivity index (χ0) is 19.9. The lowest BCUT2D eigenvalue weighted by atomic mass is 10.1. The molecule has 5 nitrogen and oxygen atoms in total. The number of nitrogens with zero attached hydrogens (tertiary/aromatic N) is 2. The van der Waals surface area contributed by atoms with E-state index in [1.54, 1.807) is 0 Å². The standard InChI is InChI=1S/C22H23ClN2O3/c1-2-3-13-28-18-11-9-16(10-12-18)15-25-19(14-20(26)27)21(23)24-22(25)17-7-5-4-6-8-17/h4-12H,2-3,13-15H2,1H3,(H,26,27). The molecule has 0 radical (unpaired) electrons. The van der Waals surface area contributed by atoms with Crippen molar-refractivity contribution in [2.24, 2.45) is 0 Å². The van der Waals surface area contributed by atoms with Crippen molar-refractivity contribution in [3.63, 3.8) is 0 Å². The number of carboxylic acid groups (broad SMARTS) is 1. The Balaban J connectivity index is 1.90. The summed E-state index contributed by atoms with van der Waals surface area (Å²) in [6.45, 7) is 3.30. The van der Waals surface area contributed by atoms with E-state index in [2.05, 4.69) is 11.9 Å². The third kappa shape index (κ3) is 4.93. The van der Waals surface area contributed by atoms with Gasteiger partial charge in [-0.05, 0) is 24.1 Å². The van der Waals surface area contributed by atoms with Crippen molar-refractivity contribution in [2.75, 3.05) is 6.61 Å². The zero-order valence-electron chi connectivity index (χ0n) is 15.8. The molecule has 0 aliphatic rings. The Labute approximate surface area is 169 Å². The van der Waals surface area contributed by atoms with Crippen LogP contribution in [-0.2, 0) is 17.8 Å². The van der Waals surface area contributed by atoms with E-state index < -0.39 is 5.97 Å². The van der Waals surface area contributed by atoms with Gasteiger partial charge in [0.2, 0.25) is 0 Å². The molecule has 1 N–H and O–H groups in total. The lowest BCUT2D eigenvalue weighted by molar-refractivity contribution is -0.136. The number of benzene rings is 2. The van der Waals surface area contributed by atoms with Gasteiger partial charge in [0.25, 0.3) is 0 Å². The zero-order valence-corrected chi connectivity index (χ0v) is 16.5. The molecule has 0 bridgehead atoms.